The summed E-state index contributed by atoms with van der Waals surface area (Å²) in [6, 6.07) is 0. The van der Waals surface area contributed by atoms with Gasteiger partial charge in [-0.3, -0.25) is 9.59 Å². The Kier molecular flexibility index (Phi) is 15.3. The van der Waals surface area contributed by atoms with E-state index in [4.69, 9.17) is 0 Å². The fourth-order valence-electron chi connectivity index (χ4n) is 3.62. The molecule has 0 aliphatic heterocycles. The van der Waals surface area contributed by atoms with Crippen molar-refractivity contribution in [2.24, 2.45) is 35.5 Å². The molecule has 0 spiro atoms. The minimum atomic E-state index is -0.690. The maximum Gasteiger partial charge on any atom is 0.306 e. The van der Waals surface area contributed by atoms with Crippen LogP contribution in [0.2, 0.25) is 0 Å². The highest BCUT2D eigenvalue weighted by atomic mass is 33.1. The lowest BCUT2D eigenvalue weighted by Gasteiger charge is -2.31. The van der Waals surface area contributed by atoms with Gasteiger partial charge >= 0.3 is 11.9 Å². The summed E-state index contributed by atoms with van der Waals surface area (Å²) in [5.41, 5.74) is 0. The van der Waals surface area contributed by atoms with Gasteiger partial charge in [-0.05, 0) is 36.5 Å². The highest BCUT2D eigenvalue weighted by Crippen LogP contribution is 2.44. The smallest absolute Gasteiger partial charge is 0.306 e. The van der Waals surface area contributed by atoms with Crippen molar-refractivity contribution in [1.82, 2.24) is 0 Å². The molecule has 0 aromatic carbocycles. The van der Waals surface area contributed by atoms with Crippen LogP contribution in [-0.2, 0) is 9.59 Å². The van der Waals surface area contributed by atoms with E-state index < -0.39 is 11.9 Å². The summed E-state index contributed by atoms with van der Waals surface area (Å²) >= 11 is 0. The lowest BCUT2D eigenvalue weighted by molar-refractivity contribution is -0.144. The number of carboxylic acid groups (broad SMARTS) is 2. The third kappa shape index (κ3) is 9.84. The molecule has 4 nitrogen and oxygen atoms in total. The molecule has 8 atom stereocenters. The van der Waals surface area contributed by atoms with Gasteiger partial charge in [0.05, 0.1) is 11.8 Å². The van der Waals surface area contributed by atoms with Crippen LogP contribution in [0.4, 0.5) is 0 Å². The third-order valence-electron chi connectivity index (χ3n) is 7.13. The Morgan fingerprint density at radius 2 is 0.867 bits per heavy atom. The summed E-state index contributed by atoms with van der Waals surface area (Å²) in [5, 5.41) is 20.1. The van der Waals surface area contributed by atoms with Crippen molar-refractivity contribution < 1.29 is 19.8 Å². The number of rotatable bonds is 17. The molecule has 0 fully saturated rings. The second kappa shape index (κ2) is 15.4. The Hall–Kier alpha value is -0.360. The van der Waals surface area contributed by atoms with E-state index >= 15 is 0 Å². The quantitative estimate of drug-likeness (QED) is 0.218. The maximum atomic E-state index is 11.9. The predicted molar refractivity (Wildman–Crippen MR) is 132 cm³/mol. The van der Waals surface area contributed by atoms with E-state index in [-0.39, 0.29) is 34.2 Å². The van der Waals surface area contributed by atoms with Crippen molar-refractivity contribution >= 4 is 33.5 Å². The Morgan fingerprint density at radius 3 is 1.07 bits per heavy atom. The van der Waals surface area contributed by atoms with E-state index in [1.54, 1.807) is 0 Å². The van der Waals surface area contributed by atoms with Gasteiger partial charge in [0.25, 0.3) is 0 Å². The number of hydrogen-bond donors (Lipinski definition) is 2. The zero-order valence-electron chi connectivity index (χ0n) is 20.4. The number of hydrogen-bond acceptors (Lipinski definition) is 4. The summed E-state index contributed by atoms with van der Waals surface area (Å²) in [6.07, 6.45) is 5.13. The van der Waals surface area contributed by atoms with Crippen LogP contribution in [0.3, 0.4) is 0 Å². The molecular formula is C24H46O4S2. The first kappa shape index (κ1) is 29.6. The van der Waals surface area contributed by atoms with Crippen molar-refractivity contribution in [3.63, 3.8) is 0 Å². The zero-order valence-corrected chi connectivity index (χ0v) is 22.0. The molecule has 0 saturated carbocycles. The second-order valence-electron chi connectivity index (χ2n) is 9.17. The Balaban J connectivity index is 5.43. The van der Waals surface area contributed by atoms with E-state index in [2.05, 4.69) is 41.5 Å². The zero-order chi connectivity index (χ0) is 23.4. The monoisotopic (exact) mass is 462 g/mol. The molecule has 0 saturated heterocycles. The Morgan fingerprint density at radius 1 is 0.600 bits per heavy atom. The normalized spacial score (nSPS) is 19.9. The predicted octanol–water partition coefficient (Wildman–Crippen LogP) is 7.47. The van der Waals surface area contributed by atoms with Crippen molar-refractivity contribution in [2.45, 2.75) is 104 Å². The summed E-state index contributed by atoms with van der Waals surface area (Å²) in [6.45, 7) is 16.9. The Bertz CT molecular complexity index is 456. The first-order chi connectivity index (χ1) is 14.0. The van der Waals surface area contributed by atoms with Crippen LogP contribution in [0.1, 0.15) is 93.9 Å². The van der Waals surface area contributed by atoms with Gasteiger partial charge in [-0.15, -0.1) is 0 Å². The molecule has 0 bridgehead atoms. The molecular weight excluding hydrogens is 416 g/mol. The molecule has 0 amide bonds. The fraction of sp³-hybridized carbons (Fsp3) is 0.917. The van der Waals surface area contributed by atoms with Gasteiger partial charge in [-0.25, -0.2) is 0 Å². The average Bonchev–Trinajstić information content (AvgIpc) is 2.72. The molecule has 2 N–H and O–H groups in total. The number of carbonyl (C=O) groups is 2. The molecule has 0 aromatic heterocycles. The maximum absolute atomic E-state index is 11.9. The van der Waals surface area contributed by atoms with Crippen molar-refractivity contribution in [1.29, 1.82) is 0 Å². The van der Waals surface area contributed by atoms with Crippen LogP contribution < -0.4 is 0 Å². The standard InChI is InChI=1S/C24H46O4S2/c1-9-15(5)19(23(25)26)13-21(17(7)11-3)29-30-22(18(8)12-4)14-20(24(27)28)16(6)10-2/h15-22H,9-14H2,1-8H3,(H,25,26)(H,27,28). The molecule has 178 valence electrons. The Labute approximate surface area is 193 Å². The molecule has 0 rings (SSSR count). The van der Waals surface area contributed by atoms with Gasteiger partial charge in [-0.1, -0.05) is 103 Å². The molecule has 0 heterocycles. The summed E-state index contributed by atoms with van der Waals surface area (Å²) in [7, 11) is 3.63. The summed E-state index contributed by atoms with van der Waals surface area (Å²) in [5.74, 6) is -0.855. The fourth-order valence-corrected chi connectivity index (χ4v) is 7.71. The first-order valence-corrected chi connectivity index (χ1v) is 14.1. The van der Waals surface area contributed by atoms with Crippen molar-refractivity contribution in [3.05, 3.63) is 0 Å². The molecule has 0 aliphatic rings. The highest BCUT2D eigenvalue weighted by molar-refractivity contribution is 8.77. The van der Waals surface area contributed by atoms with Crippen LogP contribution in [0.25, 0.3) is 0 Å². The van der Waals surface area contributed by atoms with Crippen LogP contribution in [0.15, 0.2) is 0 Å². The van der Waals surface area contributed by atoms with Crippen LogP contribution in [0, 0.1) is 35.5 Å². The third-order valence-corrected chi connectivity index (χ3v) is 10.9. The van der Waals surface area contributed by atoms with E-state index in [1.165, 1.54) is 0 Å². The lowest BCUT2D eigenvalue weighted by Crippen LogP contribution is -2.29. The van der Waals surface area contributed by atoms with Crippen molar-refractivity contribution in [2.75, 3.05) is 0 Å². The SMILES string of the molecule is CCC(C)C(CC(C(=O)O)C(C)CC)SSC(CC(C(=O)O)C(C)CC)C(C)CC. The topological polar surface area (TPSA) is 74.6 Å². The van der Waals surface area contributed by atoms with Crippen LogP contribution in [-0.4, -0.2) is 32.7 Å². The molecule has 0 aliphatic carbocycles. The minimum Gasteiger partial charge on any atom is -0.481 e. The first-order valence-electron chi connectivity index (χ1n) is 11.8. The van der Waals surface area contributed by atoms with E-state index in [1.807, 2.05) is 35.4 Å². The van der Waals surface area contributed by atoms with E-state index in [9.17, 15) is 19.8 Å². The van der Waals surface area contributed by atoms with Gasteiger partial charge < -0.3 is 10.2 Å². The van der Waals surface area contributed by atoms with Gasteiger partial charge in [0.15, 0.2) is 0 Å². The summed E-state index contributed by atoms with van der Waals surface area (Å²) in [4.78, 5) is 23.8. The summed E-state index contributed by atoms with van der Waals surface area (Å²) < 4.78 is 0. The highest BCUT2D eigenvalue weighted by Gasteiger charge is 2.33. The van der Waals surface area contributed by atoms with Crippen LogP contribution >= 0.6 is 21.6 Å². The lowest BCUT2D eigenvalue weighted by atomic mass is 9.85. The van der Waals surface area contributed by atoms with Gasteiger partial charge in [0.2, 0.25) is 0 Å². The van der Waals surface area contributed by atoms with Gasteiger partial charge in [-0.2, -0.15) is 0 Å². The molecule has 8 unspecified atom stereocenters. The molecule has 6 heteroatoms. The minimum absolute atomic E-state index is 0.159. The average molecular weight is 463 g/mol. The van der Waals surface area contributed by atoms with Crippen LogP contribution in [0.5, 0.6) is 0 Å². The second-order valence-corrected chi connectivity index (χ2v) is 11.9. The largest absolute Gasteiger partial charge is 0.481 e. The number of carboxylic acids is 2. The van der Waals surface area contributed by atoms with E-state index in [0.717, 1.165) is 25.7 Å². The van der Waals surface area contributed by atoms with Gasteiger partial charge in [0, 0.05) is 10.5 Å². The number of aliphatic carboxylic acids is 2. The van der Waals surface area contributed by atoms with Gasteiger partial charge in [0.1, 0.15) is 0 Å². The van der Waals surface area contributed by atoms with Crippen molar-refractivity contribution in [3.8, 4) is 0 Å². The van der Waals surface area contributed by atoms with E-state index in [0.29, 0.717) is 24.7 Å². The molecule has 0 aromatic rings. The molecule has 0 radical (unpaired) electrons. The molecule has 30 heavy (non-hydrogen) atoms.